The molecule has 0 spiro atoms. The van der Waals surface area contributed by atoms with E-state index in [9.17, 15) is 0 Å². The number of nitrogens with zero attached hydrogens (tertiary/aromatic N) is 4. The first-order chi connectivity index (χ1) is 17.8. The Labute approximate surface area is 227 Å². The molecule has 0 atom stereocenters. The summed E-state index contributed by atoms with van der Waals surface area (Å²) in [6.45, 7) is 0. The monoisotopic (exact) mass is 524 g/mol. The zero-order valence-electron chi connectivity index (χ0n) is 20.0. The van der Waals surface area contributed by atoms with Gasteiger partial charge in [0.1, 0.15) is 0 Å². The molecule has 2 aliphatic rings. The van der Waals surface area contributed by atoms with Crippen LogP contribution in [0.15, 0.2) is 97.1 Å². The molecular weight excluding hydrogens is 506 g/mol. The largest absolute Gasteiger partial charge is 2.00 e. The first-order valence-electron chi connectivity index (χ1n) is 11.9. The van der Waals surface area contributed by atoms with E-state index < -0.39 is 0 Å². The molecule has 2 aromatic carbocycles. The third kappa shape index (κ3) is 4.39. The SMILES string of the molecule is C1=Cc2nc1cc1ccc([n-]1)c(-c1ccccc1)c1nc(cc3ccc([n-]3)c2-c2ccccc2)C=C1.[Zn+2]. The minimum Gasteiger partial charge on any atom is -0.657 e. The summed E-state index contributed by atoms with van der Waals surface area (Å²) in [5.74, 6) is 0. The van der Waals surface area contributed by atoms with Crippen LogP contribution in [-0.2, 0) is 19.5 Å². The topological polar surface area (TPSA) is 54.0 Å². The van der Waals surface area contributed by atoms with Gasteiger partial charge in [-0.1, -0.05) is 97.1 Å². The molecule has 7 rings (SSSR count). The van der Waals surface area contributed by atoms with Crippen molar-refractivity contribution in [3.63, 3.8) is 0 Å². The van der Waals surface area contributed by atoms with Crippen molar-refractivity contribution >= 4 is 46.4 Å². The Morgan fingerprint density at radius 2 is 0.892 bits per heavy atom. The van der Waals surface area contributed by atoms with Crippen LogP contribution in [0.25, 0.3) is 68.6 Å². The van der Waals surface area contributed by atoms with Gasteiger partial charge < -0.3 is 9.97 Å². The van der Waals surface area contributed by atoms with Gasteiger partial charge in [0.25, 0.3) is 0 Å². The van der Waals surface area contributed by atoms with Crippen molar-refractivity contribution in [2.24, 2.45) is 0 Å². The Morgan fingerprint density at radius 3 is 1.32 bits per heavy atom. The summed E-state index contributed by atoms with van der Waals surface area (Å²) in [7, 11) is 0. The third-order valence-corrected chi connectivity index (χ3v) is 6.39. The Hall–Kier alpha value is -4.34. The number of hydrogen-bond acceptors (Lipinski definition) is 2. The summed E-state index contributed by atoms with van der Waals surface area (Å²) in [6, 6.07) is 32.8. The Bertz CT molecular complexity index is 1690. The van der Waals surface area contributed by atoms with Gasteiger partial charge in [-0.05, 0) is 46.6 Å². The number of fused-ring (bicyclic) bond motifs is 8. The first kappa shape index (κ1) is 23.1. The molecule has 5 aromatic rings. The van der Waals surface area contributed by atoms with Crippen LogP contribution in [0.1, 0.15) is 22.8 Å². The van der Waals surface area contributed by atoms with Crippen molar-refractivity contribution in [1.82, 2.24) is 19.9 Å². The van der Waals surface area contributed by atoms with E-state index in [1.54, 1.807) is 0 Å². The second kappa shape index (κ2) is 9.61. The summed E-state index contributed by atoms with van der Waals surface area (Å²) in [5.41, 5.74) is 11.2. The van der Waals surface area contributed by atoms with Crippen molar-refractivity contribution < 1.29 is 19.5 Å². The van der Waals surface area contributed by atoms with Crippen LogP contribution in [0.5, 0.6) is 0 Å². The molecule has 0 fully saturated rings. The fourth-order valence-electron chi connectivity index (χ4n) is 4.76. The summed E-state index contributed by atoms with van der Waals surface area (Å²) < 4.78 is 0. The van der Waals surface area contributed by atoms with Crippen LogP contribution < -0.4 is 9.97 Å². The zero-order valence-corrected chi connectivity index (χ0v) is 23.0. The van der Waals surface area contributed by atoms with Gasteiger partial charge in [0.15, 0.2) is 0 Å². The first-order valence-corrected chi connectivity index (χ1v) is 11.9. The molecule has 5 heteroatoms. The number of hydrogen-bond donors (Lipinski definition) is 0. The average molecular weight is 526 g/mol. The van der Waals surface area contributed by atoms with E-state index in [-0.39, 0.29) is 19.5 Å². The maximum Gasteiger partial charge on any atom is 2.00 e. The van der Waals surface area contributed by atoms with E-state index in [1.807, 2.05) is 72.8 Å². The molecule has 37 heavy (non-hydrogen) atoms. The van der Waals surface area contributed by atoms with Crippen molar-refractivity contribution in [3.8, 4) is 22.3 Å². The second-order valence-electron chi connectivity index (χ2n) is 8.79. The molecule has 0 saturated heterocycles. The van der Waals surface area contributed by atoms with Gasteiger partial charge in [-0.15, -0.1) is 22.1 Å². The molecule has 4 nitrogen and oxygen atoms in total. The van der Waals surface area contributed by atoms with Crippen molar-refractivity contribution in [2.75, 3.05) is 0 Å². The molecule has 0 saturated carbocycles. The summed E-state index contributed by atoms with van der Waals surface area (Å²) >= 11 is 0. The van der Waals surface area contributed by atoms with E-state index in [1.165, 1.54) is 0 Å². The molecule has 0 aliphatic carbocycles. The number of benzene rings is 2. The van der Waals surface area contributed by atoms with E-state index >= 15 is 0 Å². The summed E-state index contributed by atoms with van der Waals surface area (Å²) in [5, 5.41) is 0. The fraction of sp³-hybridized carbons (Fsp3) is 0. The van der Waals surface area contributed by atoms with E-state index in [0.717, 1.165) is 67.1 Å². The Morgan fingerprint density at radius 1 is 0.459 bits per heavy atom. The maximum atomic E-state index is 4.95. The molecule has 0 unspecified atom stereocenters. The van der Waals surface area contributed by atoms with Crippen LogP contribution in [0.3, 0.4) is 0 Å². The predicted octanol–water partition coefficient (Wildman–Crippen LogP) is 7.25. The molecule has 5 heterocycles. The van der Waals surface area contributed by atoms with Crippen LogP contribution >= 0.6 is 0 Å². The van der Waals surface area contributed by atoms with Crippen LogP contribution in [0, 0.1) is 0 Å². The zero-order chi connectivity index (χ0) is 23.9. The van der Waals surface area contributed by atoms with Crippen molar-refractivity contribution in [1.29, 1.82) is 0 Å². The second-order valence-corrected chi connectivity index (χ2v) is 8.79. The standard InChI is InChI=1S/C32H20N4.Zn/c1-3-7-21(8-4-1)31-27-15-11-23(33-27)19-25-13-17-29(35-25)32(22-9-5-2-6-10-22)30-18-14-26(36-30)20-24-12-16-28(31)34-24;/h1-20H;/q-2;+2. The molecule has 0 N–H and O–H groups in total. The van der Waals surface area contributed by atoms with Crippen molar-refractivity contribution in [2.45, 2.75) is 0 Å². The van der Waals surface area contributed by atoms with Crippen LogP contribution in [0.2, 0.25) is 0 Å². The van der Waals surface area contributed by atoms with Crippen molar-refractivity contribution in [3.05, 3.63) is 120 Å². The summed E-state index contributed by atoms with van der Waals surface area (Å²) in [4.78, 5) is 19.8. The third-order valence-electron chi connectivity index (χ3n) is 6.39. The maximum absolute atomic E-state index is 4.95. The fourth-order valence-corrected chi connectivity index (χ4v) is 4.76. The molecule has 0 amide bonds. The van der Waals surface area contributed by atoms with Crippen LogP contribution in [0.4, 0.5) is 0 Å². The minimum absolute atomic E-state index is 0. The van der Waals surface area contributed by atoms with Gasteiger partial charge in [-0.25, -0.2) is 9.97 Å². The molecule has 2 aliphatic heterocycles. The molecule has 8 bridgehead atoms. The molecule has 170 valence electrons. The van der Waals surface area contributed by atoms with Gasteiger partial charge in [-0.3, -0.25) is 0 Å². The molecule has 0 radical (unpaired) electrons. The minimum atomic E-state index is 0. The van der Waals surface area contributed by atoms with E-state index in [2.05, 4.69) is 48.6 Å². The number of aromatic nitrogens is 4. The Kier molecular flexibility index (Phi) is 6.00. The smallest absolute Gasteiger partial charge is 0.657 e. The van der Waals surface area contributed by atoms with Gasteiger partial charge in [0.05, 0.1) is 22.8 Å². The normalized spacial score (nSPS) is 11.9. The number of rotatable bonds is 2. The summed E-state index contributed by atoms with van der Waals surface area (Å²) in [6.07, 6.45) is 8.18. The van der Waals surface area contributed by atoms with Gasteiger partial charge in [0, 0.05) is 0 Å². The Balaban J connectivity index is 0.00000252. The van der Waals surface area contributed by atoms with Gasteiger partial charge >= 0.3 is 19.5 Å². The average Bonchev–Trinajstić information content (AvgIpc) is 3.72. The predicted molar refractivity (Wildman–Crippen MR) is 148 cm³/mol. The molecular formula is C32H20N4Zn. The van der Waals surface area contributed by atoms with Crippen LogP contribution in [-0.4, -0.2) is 9.97 Å². The van der Waals surface area contributed by atoms with E-state index in [0.29, 0.717) is 0 Å². The van der Waals surface area contributed by atoms with Gasteiger partial charge in [-0.2, -0.15) is 0 Å². The van der Waals surface area contributed by atoms with Gasteiger partial charge in [0.2, 0.25) is 0 Å². The molecule has 3 aromatic heterocycles. The quantitative estimate of drug-likeness (QED) is 0.223. The van der Waals surface area contributed by atoms with E-state index in [4.69, 9.17) is 19.9 Å².